The normalized spacial score (nSPS) is 14.8. The number of likely N-dealkylation sites (N-methyl/N-ethyl adjacent to an activating group) is 1. The molecule has 0 aliphatic carbocycles. The number of rotatable bonds is 6. The van der Waals surface area contributed by atoms with E-state index in [2.05, 4.69) is 36.1 Å². The molecule has 1 atom stereocenters. The quantitative estimate of drug-likeness (QED) is 0.503. The summed E-state index contributed by atoms with van der Waals surface area (Å²) >= 11 is 0. The fourth-order valence-corrected chi connectivity index (χ4v) is 0.813. The predicted octanol–water partition coefficient (Wildman–Crippen LogP) is 2.14. The van der Waals surface area contributed by atoms with Crippen molar-refractivity contribution in [3.05, 3.63) is 24.3 Å². The molecule has 0 aliphatic heterocycles. The lowest BCUT2D eigenvalue weighted by Gasteiger charge is -2.18. The fourth-order valence-electron chi connectivity index (χ4n) is 0.813. The molecule has 0 rings (SSSR count). The smallest absolute Gasteiger partial charge is 0.0542 e. The van der Waals surface area contributed by atoms with Crippen molar-refractivity contribution in [2.75, 3.05) is 13.6 Å². The molecule has 0 aromatic carbocycles. The molecule has 0 radical (unpaired) electrons. The maximum atomic E-state index is 5.67. The van der Waals surface area contributed by atoms with Crippen LogP contribution in [0.25, 0.3) is 0 Å². The largest absolute Gasteiger partial charge is 0.316 e. The first-order valence-electron chi connectivity index (χ1n) is 4.96. The molecule has 0 fully saturated rings. The average Bonchev–Trinajstić information content (AvgIpc) is 2.10. The summed E-state index contributed by atoms with van der Waals surface area (Å²) in [6, 6.07) is 0. The average molecular weight is 182 g/mol. The van der Waals surface area contributed by atoms with E-state index in [1.807, 2.05) is 14.0 Å². The Labute approximate surface area is 82.1 Å². The molecule has 2 nitrogen and oxygen atoms in total. The molecule has 13 heavy (non-hydrogen) atoms. The van der Waals surface area contributed by atoms with Gasteiger partial charge >= 0.3 is 0 Å². The van der Waals surface area contributed by atoms with Crippen LogP contribution < -0.4 is 5.73 Å². The van der Waals surface area contributed by atoms with Gasteiger partial charge in [-0.2, -0.15) is 0 Å². The van der Waals surface area contributed by atoms with Crippen LogP contribution in [-0.4, -0.2) is 24.7 Å². The van der Waals surface area contributed by atoms with E-state index in [9.17, 15) is 0 Å². The summed E-state index contributed by atoms with van der Waals surface area (Å²) < 4.78 is 0. The third kappa shape index (κ3) is 7.75. The minimum Gasteiger partial charge on any atom is -0.316 e. The predicted molar refractivity (Wildman–Crippen MR) is 59.5 cm³/mol. The molecule has 0 aromatic rings. The Hall–Kier alpha value is -0.600. The lowest BCUT2D eigenvalue weighted by molar-refractivity contribution is 0.291. The van der Waals surface area contributed by atoms with Gasteiger partial charge in [-0.05, 0) is 20.4 Å². The van der Waals surface area contributed by atoms with Gasteiger partial charge in [-0.3, -0.25) is 4.90 Å². The van der Waals surface area contributed by atoms with Crippen molar-refractivity contribution >= 4 is 0 Å². The Morgan fingerprint density at radius 1 is 1.31 bits per heavy atom. The van der Waals surface area contributed by atoms with E-state index >= 15 is 0 Å². The van der Waals surface area contributed by atoms with Gasteiger partial charge in [-0.25, -0.2) is 0 Å². The molecule has 0 amide bonds. The molecule has 0 saturated carbocycles. The van der Waals surface area contributed by atoms with E-state index in [1.165, 1.54) is 6.42 Å². The van der Waals surface area contributed by atoms with Gasteiger partial charge in [0.2, 0.25) is 0 Å². The van der Waals surface area contributed by atoms with Gasteiger partial charge in [0.1, 0.15) is 0 Å². The molecule has 2 heteroatoms. The zero-order chi connectivity index (χ0) is 10.1. The molecule has 0 saturated heterocycles. The topological polar surface area (TPSA) is 29.3 Å². The minimum atomic E-state index is 0.129. The van der Waals surface area contributed by atoms with Crippen molar-refractivity contribution in [3.63, 3.8) is 0 Å². The Bertz CT molecular complexity index is 159. The van der Waals surface area contributed by atoms with E-state index in [1.54, 1.807) is 0 Å². The lowest BCUT2D eigenvalue weighted by Crippen LogP contribution is -2.36. The fraction of sp³-hybridized carbons (Fsp3) is 0.636. The van der Waals surface area contributed by atoms with Gasteiger partial charge in [-0.15, -0.1) is 0 Å². The van der Waals surface area contributed by atoms with Crippen molar-refractivity contribution in [1.29, 1.82) is 0 Å². The molecule has 1 unspecified atom stereocenters. The summed E-state index contributed by atoms with van der Waals surface area (Å²) in [6.45, 7) is 5.08. The van der Waals surface area contributed by atoms with E-state index < -0.39 is 0 Å². The Morgan fingerprint density at radius 3 is 2.46 bits per heavy atom. The number of allylic oxidation sites excluding steroid dienone is 3. The molecule has 0 aliphatic rings. The zero-order valence-corrected chi connectivity index (χ0v) is 9.03. The molecule has 0 bridgehead atoms. The summed E-state index contributed by atoms with van der Waals surface area (Å²) in [5.74, 6) is 0. The maximum Gasteiger partial charge on any atom is 0.0542 e. The van der Waals surface area contributed by atoms with E-state index in [0.29, 0.717) is 0 Å². The molecule has 2 N–H and O–H groups in total. The van der Waals surface area contributed by atoms with Gasteiger partial charge in [-0.1, -0.05) is 37.6 Å². The molecule has 0 aromatic heterocycles. The van der Waals surface area contributed by atoms with E-state index in [4.69, 9.17) is 5.73 Å². The molecular weight excluding hydrogens is 160 g/mol. The van der Waals surface area contributed by atoms with Crippen molar-refractivity contribution in [2.45, 2.75) is 32.9 Å². The summed E-state index contributed by atoms with van der Waals surface area (Å²) in [4.78, 5) is 2.09. The number of unbranched alkanes of at least 4 members (excludes halogenated alkanes) is 1. The molecular formula is C11H22N2. The SMILES string of the molecule is CCCC=CC=CCN(C)C(C)N. The third-order valence-corrected chi connectivity index (χ3v) is 1.93. The highest BCUT2D eigenvalue weighted by Crippen LogP contribution is 1.90. The second-order valence-corrected chi connectivity index (χ2v) is 3.33. The standard InChI is InChI=1S/C11H22N2/c1-4-5-6-7-8-9-10-13(3)11(2)12/h6-9,11H,4-5,10,12H2,1-3H3. The van der Waals surface area contributed by atoms with Gasteiger partial charge in [0, 0.05) is 6.54 Å². The molecule has 0 heterocycles. The monoisotopic (exact) mass is 182 g/mol. The summed E-state index contributed by atoms with van der Waals surface area (Å²) in [6.07, 6.45) is 11.0. The van der Waals surface area contributed by atoms with Gasteiger partial charge in [0.05, 0.1) is 6.17 Å². The first-order valence-corrected chi connectivity index (χ1v) is 4.96. The van der Waals surface area contributed by atoms with Crippen LogP contribution in [-0.2, 0) is 0 Å². The number of nitrogens with two attached hydrogens (primary N) is 1. The van der Waals surface area contributed by atoms with Crippen LogP contribution in [0.3, 0.4) is 0 Å². The van der Waals surface area contributed by atoms with Gasteiger partial charge in [0.25, 0.3) is 0 Å². The van der Waals surface area contributed by atoms with Crippen LogP contribution >= 0.6 is 0 Å². The lowest BCUT2D eigenvalue weighted by atomic mass is 10.3. The van der Waals surface area contributed by atoms with Crippen molar-refractivity contribution in [2.24, 2.45) is 5.73 Å². The second kappa shape index (κ2) is 8.02. The third-order valence-electron chi connectivity index (χ3n) is 1.93. The van der Waals surface area contributed by atoms with E-state index in [0.717, 1.165) is 13.0 Å². The summed E-state index contributed by atoms with van der Waals surface area (Å²) in [5.41, 5.74) is 5.67. The number of hydrogen-bond acceptors (Lipinski definition) is 2. The van der Waals surface area contributed by atoms with Crippen LogP contribution in [0.4, 0.5) is 0 Å². The van der Waals surface area contributed by atoms with Crippen molar-refractivity contribution in [1.82, 2.24) is 4.90 Å². The Balaban J connectivity index is 3.51. The highest BCUT2D eigenvalue weighted by Gasteiger charge is 1.98. The number of nitrogens with zero attached hydrogens (tertiary/aromatic N) is 1. The van der Waals surface area contributed by atoms with Crippen LogP contribution in [0.1, 0.15) is 26.7 Å². The second-order valence-electron chi connectivity index (χ2n) is 3.33. The highest BCUT2D eigenvalue weighted by atomic mass is 15.2. The van der Waals surface area contributed by atoms with Crippen LogP contribution in [0.15, 0.2) is 24.3 Å². The first-order chi connectivity index (χ1) is 6.18. The van der Waals surface area contributed by atoms with Crippen LogP contribution in [0, 0.1) is 0 Å². The number of hydrogen-bond donors (Lipinski definition) is 1. The zero-order valence-electron chi connectivity index (χ0n) is 9.03. The highest BCUT2D eigenvalue weighted by molar-refractivity contribution is 5.03. The Morgan fingerprint density at radius 2 is 1.92 bits per heavy atom. The Kier molecular flexibility index (Phi) is 7.65. The summed E-state index contributed by atoms with van der Waals surface area (Å²) in [5, 5.41) is 0. The minimum absolute atomic E-state index is 0.129. The van der Waals surface area contributed by atoms with Crippen molar-refractivity contribution in [3.8, 4) is 0 Å². The maximum absolute atomic E-state index is 5.67. The van der Waals surface area contributed by atoms with Crippen LogP contribution in [0.2, 0.25) is 0 Å². The van der Waals surface area contributed by atoms with Crippen molar-refractivity contribution < 1.29 is 0 Å². The van der Waals surface area contributed by atoms with Gasteiger partial charge in [0.15, 0.2) is 0 Å². The first kappa shape index (κ1) is 12.4. The molecule has 0 spiro atoms. The van der Waals surface area contributed by atoms with E-state index in [-0.39, 0.29) is 6.17 Å². The molecule has 76 valence electrons. The van der Waals surface area contributed by atoms with Gasteiger partial charge < -0.3 is 5.73 Å². The van der Waals surface area contributed by atoms with Crippen LogP contribution in [0.5, 0.6) is 0 Å². The summed E-state index contributed by atoms with van der Waals surface area (Å²) in [7, 11) is 2.02.